The van der Waals surface area contributed by atoms with Gasteiger partial charge >= 0.3 is 5.97 Å². The summed E-state index contributed by atoms with van der Waals surface area (Å²) in [4.78, 5) is 22.0. The van der Waals surface area contributed by atoms with Gasteiger partial charge < -0.3 is 37.5 Å². The molecule has 2 aromatic rings. The van der Waals surface area contributed by atoms with Crippen molar-refractivity contribution in [1.29, 1.82) is 0 Å². The maximum Gasteiger partial charge on any atom is 0.343 e. The second-order valence-electron chi connectivity index (χ2n) is 8.49. The fourth-order valence-electron chi connectivity index (χ4n) is 4.74. The molecule has 162 valence electrons. The number of hydrogen-bond donors (Lipinski definition) is 4. The van der Waals surface area contributed by atoms with Gasteiger partial charge in [0, 0.05) is 55.7 Å². The maximum atomic E-state index is 13.1. The van der Waals surface area contributed by atoms with Crippen molar-refractivity contribution in [3.05, 3.63) is 29.8 Å². The molecule has 8 N–H and O–H groups in total. The Morgan fingerprint density at radius 3 is 2.03 bits per heavy atom. The van der Waals surface area contributed by atoms with Gasteiger partial charge in [-0.15, -0.1) is 0 Å². The standard InChI is InChI=1S/C21H31N7O2/c1-30-21(29)18-19(27-8-12(22)6-13(23)9-27)16-4-2-3-5-17(16)26-20(18)28-10-14(24)7-15(25)11-28/h2-5,12-15H,6-11,22-25H2,1H3/t12-,13+,14-,15+. The van der Waals surface area contributed by atoms with E-state index in [1.54, 1.807) is 0 Å². The number of pyridine rings is 1. The number of benzene rings is 1. The number of fused-ring (bicyclic) bond motifs is 1. The van der Waals surface area contributed by atoms with Gasteiger partial charge in [0.1, 0.15) is 11.4 Å². The van der Waals surface area contributed by atoms with Gasteiger partial charge in [-0.05, 0) is 18.9 Å². The number of nitrogens with two attached hydrogens (primary N) is 4. The molecule has 2 saturated heterocycles. The second-order valence-corrected chi connectivity index (χ2v) is 8.49. The molecule has 9 nitrogen and oxygen atoms in total. The smallest absolute Gasteiger partial charge is 0.343 e. The molecular weight excluding hydrogens is 382 g/mol. The Morgan fingerprint density at radius 1 is 0.933 bits per heavy atom. The third-order valence-electron chi connectivity index (χ3n) is 5.88. The summed E-state index contributed by atoms with van der Waals surface area (Å²) in [6, 6.07) is 7.44. The summed E-state index contributed by atoms with van der Waals surface area (Å²) in [5, 5.41) is 0.869. The van der Waals surface area contributed by atoms with Gasteiger partial charge in [-0.2, -0.15) is 0 Å². The zero-order chi connectivity index (χ0) is 21.4. The van der Waals surface area contributed by atoms with Gasteiger partial charge in [0.05, 0.1) is 18.3 Å². The molecular formula is C21H31N7O2. The number of esters is 1. The van der Waals surface area contributed by atoms with Crippen LogP contribution in [0.2, 0.25) is 0 Å². The van der Waals surface area contributed by atoms with E-state index in [4.69, 9.17) is 32.7 Å². The summed E-state index contributed by atoms with van der Waals surface area (Å²) >= 11 is 0. The average Bonchev–Trinajstić information content (AvgIpc) is 2.70. The molecule has 0 spiro atoms. The van der Waals surface area contributed by atoms with Gasteiger partial charge in [-0.3, -0.25) is 0 Å². The topological polar surface area (TPSA) is 150 Å². The van der Waals surface area contributed by atoms with Crippen LogP contribution in [0.3, 0.4) is 0 Å². The van der Waals surface area contributed by atoms with Crippen LogP contribution in [0.5, 0.6) is 0 Å². The van der Waals surface area contributed by atoms with Crippen molar-refractivity contribution < 1.29 is 9.53 Å². The van der Waals surface area contributed by atoms with Crippen molar-refractivity contribution in [2.75, 3.05) is 43.1 Å². The van der Waals surface area contributed by atoms with Gasteiger partial charge in [0.25, 0.3) is 0 Å². The van der Waals surface area contributed by atoms with Crippen molar-refractivity contribution in [3.8, 4) is 0 Å². The van der Waals surface area contributed by atoms with Gasteiger partial charge in [-0.25, -0.2) is 9.78 Å². The highest BCUT2D eigenvalue weighted by Gasteiger charge is 2.34. The lowest BCUT2D eigenvalue weighted by Crippen LogP contribution is -2.54. The minimum absolute atomic E-state index is 0.0774. The minimum atomic E-state index is -0.446. The first-order chi connectivity index (χ1) is 14.4. The van der Waals surface area contributed by atoms with E-state index in [9.17, 15) is 4.79 Å². The predicted octanol–water partition coefficient (Wildman–Crippen LogP) is -0.249. The molecule has 2 aliphatic heterocycles. The Balaban J connectivity index is 1.94. The third kappa shape index (κ3) is 3.93. The summed E-state index contributed by atoms with van der Waals surface area (Å²) in [5.74, 6) is 0.104. The summed E-state index contributed by atoms with van der Waals surface area (Å²) in [6.45, 7) is 2.34. The number of hydrogen-bond acceptors (Lipinski definition) is 9. The highest BCUT2D eigenvalue weighted by atomic mass is 16.5. The Hall–Kier alpha value is -2.46. The monoisotopic (exact) mass is 413 g/mol. The number of carbonyl (C=O) groups is 1. The predicted molar refractivity (Wildman–Crippen MR) is 119 cm³/mol. The van der Waals surface area contributed by atoms with E-state index in [-0.39, 0.29) is 24.2 Å². The van der Waals surface area contributed by atoms with Crippen LogP contribution in [0.15, 0.2) is 24.3 Å². The number of ether oxygens (including phenoxy) is 1. The zero-order valence-corrected chi connectivity index (χ0v) is 17.3. The van der Waals surface area contributed by atoms with Crippen LogP contribution in [-0.4, -0.2) is 68.4 Å². The van der Waals surface area contributed by atoms with E-state index in [2.05, 4.69) is 4.90 Å². The third-order valence-corrected chi connectivity index (χ3v) is 5.88. The van der Waals surface area contributed by atoms with Crippen molar-refractivity contribution in [2.24, 2.45) is 22.9 Å². The second kappa shape index (κ2) is 8.35. The molecule has 0 bridgehead atoms. The van der Waals surface area contributed by atoms with Crippen LogP contribution in [0.4, 0.5) is 11.5 Å². The molecule has 30 heavy (non-hydrogen) atoms. The number of para-hydroxylation sites is 1. The molecule has 2 aliphatic rings. The van der Waals surface area contributed by atoms with Crippen molar-refractivity contribution >= 4 is 28.4 Å². The van der Waals surface area contributed by atoms with Crippen molar-refractivity contribution in [3.63, 3.8) is 0 Å². The highest BCUT2D eigenvalue weighted by Crippen LogP contribution is 2.38. The first-order valence-electron chi connectivity index (χ1n) is 10.4. The number of aromatic nitrogens is 1. The number of anilines is 2. The minimum Gasteiger partial charge on any atom is -0.465 e. The number of piperidine rings is 2. The lowest BCUT2D eigenvalue weighted by Gasteiger charge is -2.40. The SMILES string of the molecule is COC(=O)c1c(N2C[C@H](N)C[C@H](N)C2)nc2ccccc2c1N1C[C@H](N)C[C@H](N)C1. The zero-order valence-electron chi connectivity index (χ0n) is 17.3. The van der Waals surface area contributed by atoms with Crippen LogP contribution >= 0.6 is 0 Å². The normalized spacial score (nSPS) is 27.4. The van der Waals surface area contributed by atoms with Crippen LogP contribution in [-0.2, 0) is 4.74 Å². The van der Waals surface area contributed by atoms with E-state index in [0.717, 1.165) is 29.4 Å². The molecule has 0 unspecified atom stereocenters. The van der Waals surface area contributed by atoms with E-state index in [1.807, 2.05) is 29.2 Å². The van der Waals surface area contributed by atoms with Crippen LogP contribution in [0.25, 0.3) is 10.9 Å². The van der Waals surface area contributed by atoms with Gasteiger partial charge in [0.2, 0.25) is 0 Å². The molecule has 0 radical (unpaired) electrons. The molecule has 4 atom stereocenters. The number of methoxy groups -OCH3 is 1. The molecule has 9 heteroatoms. The fraction of sp³-hybridized carbons (Fsp3) is 0.524. The lowest BCUT2D eigenvalue weighted by molar-refractivity contribution is 0.0601. The number of rotatable bonds is 3. The summed E-state index contributed by atoms with van der Waals surface area (Å²) in [7, 11) is 1.38. The quantitative estimate of drug-likeness (QED) is 0.500. The molecule has 0 amide bonds. The molecule has 1 aromatic carbocycles. The van der Waals surface area contributed by atoms with Crippen LogP contribution in [0.1, 0.15) is 23.2 Å². The highest BCUT2D eigenvalue weighted by molar-refractivity contribution is 6.09. The van der Waals surface area contributed by atoms with E-state index < -0.39 is 5.97 Å². The van der Waals surface area contributed by atoms with E-state index in [1.165, 1.54) is 7.11 Å². The summed E-state index contributed by atoms with van der Waals surface area (Å²) < 4.78 is 5.20. The molecule has 3 heterocycles. The van der Waals surface area contributed by atoms with Crippen molar-refractivity contribution in [2.45, 2.75) is 37.0 Å². The molecule has 4 rings (SSSR count). The summed E-state index contributed by atoms with van der Waals surface area (Å²) in [6.07, 6.45) is 1.48. The van der Waals surface area contributed by atoms with Crippen molar-refractivity contribution in [1.82, 2.24) is 4.98 Å². The Labute approximate surface area is 176 Å². The molecule has 0 saturated carbocycles. The number of carbonyl (C=O) groups excluding carboxylic acids is 1. The van der Waals surface area contributed by atoms with Crippen LogP contribution in [0, 0.1) is 0 Å². The Bertz CT molecular complexity index is 917. The Morgan fingerprint density at radius 2 is 1.47 bits per heavy atom. The maximum absolute atomic E-state index is 13.1. The molecule has 1 aromatic heterocycles. The van der Waals surface area contributed by atoms with Gasteiger partial charge in [-0.1, -0.05) is 18.2 Å². The fourth-order valence-corrected chi connectivity index (χ4v) is 4.74. The summed E-state index contributed by atoms with van der Waals surface area (Å²) in [5.41, 5.74) is 27.0. The lowest BCUT2D eigenvalue weighted by atomic mass is 9.97. The van der Waals surface area contributed by atoms with Crippen LogP contribution < -0.4 is 32.7 Å². The Kier molecular flexibility index (Phi) is 5.79. The average molecular weight is 414 g/mol. The molecule has 2 fully saturated rings. The van der Waals surface area contributed by atoms with Gasteiger partial charge in [0.15, 0.2) is 0 Å². The largest absolute Gasteiger partial charge is 0.465 e. The van der Waals surface area contributed by atoms with E-state index in [0.29, 0.717) is 37.6 Å². The van der Waals surface area contributed by atoms with E-state index >= 15 is 0 Å². The first-order valence-corrected chi connectivity index (χ1v) is 10.4. The number of nitrogens with zero attached hydrogens (tertiary/aromatic N) is 3. The first kappa shape index (κ1) is 20.8. The molecule has 0 aliphatic carbocycles.